The van der Waals surface area contributed by atoms with Crippen molar-refractivity contribution < 1.29 is 9.13 Å². The van der Waals surface area contributed by atoms with Gasteiger partial charge in [-0.1, -0.05) is 41.9 Å². The lowest BCUT2D eigenvalue weighted by Gasteiger charge is -2.14. The molecular weight excluding hydrogens is 333 g/mol. The van der Waals surface area contributed by atoms with Crippen LogP contribution in [0.4, 0.5) is 4.39 Å². The summed E-state index contributed by atoms with van der Waals surface area (Å²) < 4.78 is 19.5. The minimum atomic E-state index is -0.520. The molecule has 2 nitrogen and oxygen atoms in total. The first-order valence-electron chi connectivity index (χ1n) is 5.66. The van der Waals surface area contributed by atoms with Gasteiger partial charge in [-0.25, -0.2) is 4.39 Å². The molecule has 1 unspecified atom stereocenters. The van der Waals surface area contributed by atoms with E-state index in [1.807, 2.05) is 30.3 Å². The number of halogens is 3. The fourth-order valence-corrected chi connectivity index (χ4v) is 2.34. The first-order chi connectivity index (χ1) is 9.08. The Morgan fingerprint density at radius 1 is 1.26 bits per heavy atom. The molecule has 0 heterocycles. The average Bonchev–Trinajstić information content (AvgIpc) is 2.42. The second kappa shape index (κ2) is 6.37. The zero-order chi connectivity index (χ0) is 13.8. The molecule has 2 N–H and O–H groups in total. The smallest absolute Gasteiger partial charge is 0.145 e. The Kier molecular flexibility index (Phi) is 4.80. The maximum Gasteiger partial charge on any atom is 0.145 e. The third-order valence-electron chi connectivity index (χ3n) is 2.62. The third kappa shape index (κ3) is 3.69. The van der Waals surface area contributed by atoms with E-state index < -0.39 is 5.82 Å². The van der Waals surface area contributed by atoms with E-state index in [9.17, 15) is 4.39 Å². The molecule has 0 aliphatic carbocycles. The van der Waals surface area contributed by atoms with Gasteiger partial charge in [-0.2, -0.15) is 0 Å². The highest BCUT2D eigenvalue weighted by atomic mass is 79.9. The SMILES string of the molecule is NC(COc1cc(F)c(Cl)cc1Br)c1ccccc1. The zero-order valence-electron chi connectivity index (χ0n) is 9.95. The molecule has 0 saturated carbocycles. The van der Waals surface area contributed by atoms with Crippen molar-refractivity contribution in [1.82, 2.24) is 0 Å². The molecule has 0 radical (unpaired) electrons. The summed E-state index contributed by atoms with van der Waals surface area (Å²) in [5.41, 5.74) is 6.97. The molecule has 100 valence electrons. The standard InChI is InChI=1S/C14H12BrClFNO/c15-10-6-11(16)12(17)7-14(10)19-8-13(18)9-4-2-1-3-5-9/h1-7,13H,8,18H2. The molecule has 1 atom stereocenters. The highest BCUT2D eigenvalue weighted by Gasteiger charge is 2.11. The molecular formula is C14H12BrClFNO. The van der Waals surface area contributed by atoms with Crippen LogP contribution in [0.15, 0.2) is 46.9 Å². The summed E-state index contributed by atoms with van der Waals surface area (Å²) in [7, 11) is 0. The van der Waals surface area contributed by atoms with Crippen LogP contribution < -0.4 is 10.5 Å². The quantitative estimate of drug-likeness (QED) is 0.838. The van der Waals surface area contributed by atoms with Gasteiger partial charge in [0.2, 0.25) is 0 Å². The van der Waals surface area contributed by atoms with Gasteiger partial charge in [0, 0.05) is 6.07 Å². The van der Waals surface area contributed by atoms with Crippen LogP contribution in [0.2, 0.25) is 5.02 Å². The maximum atomic E-state index is 13.3. The predicted molar refractivity (Wildman–Crippen MR) is 78.0 cm³/mol. The first kappa shape index (κ1) is 14.3. The van der Waals surface area contributed by atoms with E-state index >= 15 is 0 Å². The molecule has 0 spiro atoms. The van der Waals surface area contributed by atoms with Crippen LogP contribution in [-0.4, -0.2) is 6.61 Å². The lowest BCUT2D eigenvalue weighted by Crippen LogP contribution is -2.19. The number of hydrogen-bond donors (Lipinski definition) is 1. The molecule has 2 rings (SSSR count). The molecule has 0 amide bonds. The van der Waals surface area contributed by atoms with Crippen molar-refractivity contribution in [1.29, 1.82) is 0 Å². The zero-order valence-corrected chi connectivity index (χ0v) is 12.3. The topological polar surface area (TPSA) is 35.2 Å². The largest absolute Gasteiger partial charge is 0.490 e. The summed E-state index contributed by atoms with van der Waals surface area (Å²) in [5.74, 6) is -0.138. The molecule has 0 fully saturated rings. The summed E-state index contributed by atoms with van der Waals surface area (Å²) in [4.78, 5) is 0. The Morgan fingerprint density at radius 3 is 2.63 bits per heavy atom. The molecule has 0 aliphatic heterocycles. The Labute approximate surface area is 124 Å². The van der Waals surface area contributed by atoms with E-state index in [4.69, 9.17) is 22.1 Å². The third-order valence-corrected chi connectivity index (χ3v) is 3.53. The second-order valence-electron chi connectivity index (χ2n) is 4.02. The van der Waals surface area contributed by atoms with Crippen molar-refractivity contribution in [3.63, 3.8) is 0 Å². The van der Waals surface area contributed by atoms with Crippen molar-refractivity contribution >= 4 is 27.5 Å². The first-order valence-corrected chi connectivity index (χ1v) is 6.83. The van der Waals surface area contributed by atoms with Gasteiger partial charge in [0.1, 0.15) is 18.2 Å². The number of ether oxygens (including phenoxy) is 1. The van der Waals surface area contributed by atoms with Crippen LogP contribution in [-0.2, 0) is 0 Å². The van der Waals surface area contributed by atoms with Gasteiger partial charge in [0.15, 0.2) is 0 Å². The minimum Gasteiger partial charge on any atom is -0.490 e. The lowest BCUT2D eigenvalue weighted by atomic mass is 10.1. The second-order valence-corrected chi connectivity index (χ2v) is 5.29. The van der Waals surface area contributed by atoms with Crippen LogP contribution in [0.3, 0.4) is 0 Å². The molecule has 0 saturated heterocycles. The van der Waals surface area contributed by atoms with Crippen molar-refractivity contribution in [2.24, 2.45) is 5.73 Å². The van der Waals surface area contributed by atoms with Crippen LogP contribution in [0.5, 0.6) is 5.75 Å². The number of nitrogens with two attached hydrogens (primary N) is 1. The molecule has 0 aliphatic rings. The Balaban J connectivity index is 2.05. The van der Waals surface area contributed by atoms with E-state index in [1.54, 1.807) is 0 Å². The van der Waals surface area contributed by atoms with Gasteiger partial charge in [-0.05, 0) is 27.6 Å². The number of rotatable bonds is 4. The fraction of sp³-hybridized carbons (Fsp3) is 0.143. The van der Waals surface area contributed by atoms with Gasteiger partial charge in [0.05, 0.1) is 15.5 Å². The Bertz CT molecular complexity index is 565. The van der Waals surface area contributed by atoms with Crippen molar-refractivity contribution in [3.05, 3.63) is 63.3 Å². The van der Waals surface area contributed by atoms with Crippen molar-refractivity contribution in [3.8, 4) is 5.75 Å². The monoisotopic (exact) mass is 343 g/mol. The fourth-order valence-electron chi connectivity index (χ4n) is 1.59. The van der Waals surface area contributed by atoms with Gasteiger partial charge in [0.25, 0.3) is 0 Å². The highest BCUT2D eigenvalue weighted by Crippen LogP contribution is 2.31. The molecule has 0 aromatic heterocycles. The van der Waals surface area contributed by atoms with Gasteiger partial charge in [-0.15, -0.1) is 0 Å². The number of hydrogen-bond acceptors (Lipinski definition) is 2. The molecule has 2 aromatic rings. The van der Waals surface area contributed by atoms with E-state index in [2.05, 4.69) is 15.9 Å². The van der Waals surface area contributed by atoms with Crippen LogP contribution >= 0.6 is 27.5 Å². The van der Waals surface area contributed by atoms with Gasteiger partial charge < -0.3 is 10.5 Å². The van der Waals surface area contributed by atoms with Gasteiger partial charge >= 0.3 is 0 Å². The highest BCUT2D eigenvalue weighted by molar-refractivity contribution is 9.10. The molecule has 2 aromatic carbocycles. The van der Waals surface area contributed by atoms with Crippen LogP contribution in [0, 0.1) is 5.82 Å². The van der Waals surface area contributed by atoms with Crippen LogP contribution in [0.25, 0.3) is 0 Å². The van der Waals surface area contributed by atoms with Gasteiger partial charge in [-0.3, -0.25) is 0 Å². The summed E-state index contributed by atoms with van der Waals surface area (Å²) in [6, 6.07) is 12.0. The van der Waals surface area contributed by atoms with E-state index in [1.165, 1.54) is 12.1 Å². The maximum absolute atomic E-state index is 13.3. The molecule has 19 heavy (non-hydrogen) atoms. The molecule has 5 heteroatoms. The summed E-state index contributed by atoms with van der Waals surface area (Å²) in [6.45, 7) is 0.254. The van der Waals surface area contributed by atoms with E-state index in [0.717, 1.165) is 5.56 Å². The summed E-state index contributed by atoms with van der Waals surface area (Å²) in [5, 5.41) is 0.0478. The Hall–Kier alpha value is -1.10. The predicted octanol–water partition coefficient (Wildman–Crippen LogP) is 4.32. The summed E-state index contributed by atoms with van der Waals surface area (Å²) in [6.07, 6.45) is 0. The average molecular weight is 345 g/mol. The van der Waals surface area contributed by atoms with E-state index in [0.29, 0.717) is 10.2 Å². The minimum absolute atomic E-state index is 0.0478. The van der Waals surface area contributed by atoms with Crippen molar-refractivity contribution in [2.45, 2.75) is 6.04 Å². The number of benzene rings is 2. The Morgan fingerprint density at radius 2 is 1.95 bits per heavy atom. The van der Waals surface area contributed by atoms with E-state index in [-0.39, 0.29) is 17.7 Å². The lowest BCUT2D eigenvalue weighted by molar-refractivity contribution is 0.287. The molecule has 0 bridgehead atoms. The summed E-state index contributed by atoms with van der Waals surface area (Å²) >= 11 is 8.93. The van der Waals surface area contributed by atoms with Crippen molar-refractivity contribution in [2.75, 3.05) is 6.61 Å². The van der Waals surface area contributed by atoms with Crippen LogP contribution in [0.1, 0.15) is 11.6 Å². The normalized spacial score (nSPS) is 12.2.